The molecule has 1 amide bonds. The minimum absolute atomic E-state index is 0.0664. The van der Waals surface area contributed by atoms with Crippen molar-refractivity contribution in [1.82, 2.24) is 4.90 Å². The molecule has 0 aliphatic heterocycles. The number of rotatable bonds is 5. The standard InChI is InChI=1S/C12H15BrN2O3/c1-2-15(4-3-11(16)17)12(18)8-5-9(13)7-10(14)6-8/h5-7H,2-4,14H2,1H3,(H,16,17). The Balaban J connectivity index is 2.85. The molecule has 18 heavy (non-hydrogen) atoms. The molecule has 3 N–H and O–H groups in total. The zero-order valence-electron chi connectivity index (χ0n) is 10.0. The Kier molecular flexibility index (Phi) is 5.15. The maximum Gasteiger partial charge on any atom is 0.305 e. The summed E-state index contributed by atoms with van der Waals surface area (Å²) in [5, 5.41) is 8.63. The number of carbonyl (C=O) groups excluding carboxylic acids is 1. The maximum atomic E-state index is 12.1. The number of anilines is 1. The van der Waals surface area contributed by atoms with E-state index >= 15 is 0 Å². The average molecular weight is 315 g/mol. The lowest BCUT2D eigenvalue weighted by Gasteiger charge is -2.20. The van der Waals surface area contributed by atoms with Gasteiger partial charge in [0.25, 0.3) is 5.91 Å². The Labute approximate surface area is 114 Å². The van der Waals surface area contributed by atoms with Crippen LogP contribution in [0.2, 0.25) is 0 Å². The third kappa shape index (κ3) is 4.03. The van der Waals surface area contributed by atoms with Crippen LogP contribution in [0.15, 0.2) is 22.7 Å². The number of carbonyl (C=O) groups is 2. The summed E-state index contributed by atoms with van der Waals surface area (Å²) in [6.45, 7) is 2.46. The second-order valence-electron chi connectivity index (χ2n) is 3.80. The lowest BCUT2D eigenvalue weighted by atomic mass is 10.1. The summed E-state index contributed by atoms with van der Waals surface area (Å²) in [6, 6.07) is 4.95. The summed E-state index contributed by atoms with van der Waals surface area (Å²) in [6.07, 6.45) is -0.0664. The maximum absolute atomic E-state index is 12.1. The van der Waals surface area contributed by atoms with E-state index in [9.17, 15) is 9.59 Å². The van der Waals surface area contributed by atoms with Gasteiger partial charge >= 0.3 is 5.97 Å². The number of hydrogen-bond donors (Lipinski definition) is 2. The van der Waals surface area contributed by atoms with Crippen molar-refractivity contribution in [3.63, 3.8) is 0 Å². The van der Waals surface area contributed by atoms with Crippen molar-refractivity contribution in [2.24, 2.45) is 0 Å². The molecule has 0 fully saturated rings. The van der Waals surface area contributed by atoms with Crippen LogP contribution in [-0.2, 0) is 4.79 Å². The van der Waals surface area contributed by atoms with E-state index in [0.717, 1.165) is 4.47 Å². The lowest BCUT2D eigenvalue weighted by molar-refractivity contribution is -0.137. The summed E-state index contributed by atoms with van der Waals surface area (Å²) in [5.74, 6) is -1.14. The zero-order chi connectivity index (χ0) is 13.7. The Morgan fingerprint density at radius 2 is 2.06 bits per heavy atom. The van der Waals surface area contributed by atoms with E-state index in [1.807, 2.05) is 0 Å². The number of hydrogen-bond acceptors (Lipinski definition) is 3. The van der Waals surface area contributed by atoms with Crippen LogP contribution in [0.4, 0.5) is 5.69 Å². The van der Waals surface area contributed by atoms with E-state index in [2.05, 4.69) is 15.9 Å². The number of carboxylic acids is 1. The molecular formula is C12H15BrN2O3. The minimum Gasteiger partial charge on any atom is -0.481 e. The van der Waals surface area contributed by atoms with Gasteiger partial charge in [-0.25, -0.2) is 0 Å². The predicted octanol–water partition coefficient (Wildman–Crippen LogP) is 1.97. The Morgan fingerprint density at radius 1 is 1.39 bits per heavy atom. The number of benzene rings is 1. The van der Waals surface area contributed by atoms with E-state index in [0.29, 0.717) is 17.8 Å². The van der Waals surface area contributed by atoms with Crippen LogP contribution >= 0.6 is 15.9 Å². The van der Waals surface area contributed by atoms with Gasteiger partial charge in [-0.2, -0.15) is 0 Å². The highest BCUT2D eigenvalue weighted by Gasteiger charge is 2.15. The molecule has 0 atom stereocenters. The molecule has 1 aromatic carbocycles. The molecule has 0 saturated heterocycles. The number of nitrogens with two attached hydrogens (primary N) is 1. The van der Waals surface area contributed by atoms with Gasteiger partial charge in [0.05, 0.1) is 6.42 Å². The van der Waals surface area contributed by atoms with Gasteiger partial charge in [-0.3, -0.25) is 9.59 Å². The molecule has 6 heteroatoms. The molecule has 0 radical (unpaired) electrons. The average Bonchev–Trinajstić information content (AvgIpc) is 2.27. The van der Waals surface area contributed by atoms with Crippen LogP contribution in [-0.4, -0.2) is 35.0 Å². The predicted molar refractivity (Wildman–Crippen MR) is 72.4 cm³/mol. The van der Waals surface area contributed by atoms with E-state index in [1.54, 1.807) is 25.1 Å². The highest BCUT2D eigenvalue weighted by Crippen LogP contribution is 2.18. The van der Waals surface area contributed by atoms with E-state index in [1.165, 1.54) is 4.90 Å². The normalized spacial score (nSPS) is 10.1. The van der Waals surface area contributed by atoms with Gasteiger partial charge in [-0.1, -0.05) is 15.9 Å². The molecule has 0 aliphatic carbocycles. The van der Waals surface area contributed by atoms with Gasteiger partial charge in [0, 0.05) is 28.8 Å². The zero-order valence-corrected chi connectivity index (χ0v) is 11.6. The number of amides is 1. The van der Waals surface area contributed by atoms with Crippen molar-refractivity contribution in [3.05, 3.63) is 28.2 Å². The Morgan fingerprint density at radius 3 is 2.56 bits per heavy atom. The number of aliphatic carboxylic acids is 1. The van der Waals surface area contributed by atoms with Crippen molar-refractivity contribution in [2.75, 3.05) is 18.8 Å². The van der Waals surface area contributed by atoms with Crippen LogP contribution in [0.1, 0.15) is 23.7 Å². The molecule has 0 aliphatic rings. The smallest absolute Gasteiger partial charge is 0.305 e. The van der Waals surface area contributed by atoms with Crippen molar-refractivity contribution >= 4 is 33.5 Å². The van der Waals surface area contributed by atoms with E-state index < -0.39 is 5.97 Å². The minimum atomic E-state index is -0.921. The molecule has 0 unspecified atom stereocenters. The fourth-order valence-electron chi connectivity index (χ4n) is 1.55. The number of nitrogen functional groups attached to an aromatic ring is 1. The Bertz CT molecular complexity index is 442. The fraction of sp³-hybridized carbons (Fsp3) is 0.333. The quantitative estimate of drug-likeness (QED) is 0.814. The summed E-state index contributed by atoms with van der Waals surface area (Å²) < 4.78 is 0.722. The summed E-state index contributed by atoms with van der Waals surface area (Å²) >= 11 is 3.27. The SMILES string of the molecule is CCN(CCC(=O)O)C(=O)c1cc(N)cc(Br)c1. The molecule has 0 bridgehead atoms. The molecule has 98 valence electrons. The second kappa shape index (κ2) is 6.39. The summed E-state index contributed by atoms with van der Waals surface area (Å²) in [4.78, 5) is 24.2. The topological polar surface area (TPSA) is 83.6 Å². The Hall–Kier alpha value is -1.56. The van der Waals surface area contributed by atoms with Crippen LogP contribution in [0.25, 0.3) is 0 Å². The molecule has 5 nitrogen and oxygen atoms in total. The van der Waals surface area contributed by atoms with E-state index in [4.69, 9.17) is 10.8 Å². The second-order valence-corrected chi connectivity index (χ2v) is 4.72. The largest absolute Gasteiger partial charge is 0.481 e. The van der Waals surface area contributed by atoms with Gasteiger partial charge in [0.2, 0.25) is 0 Å². The van der Waals surface area contributed by atoms with Crippen molar-refractivity contribution in [1.29, 1.82) is 0 Å². The van der Waals surface area contributed by atoms with E-state index in [-0.39, 0.29) is 18.9 Å². The first-order valence-corrected chi connectivity index (χ1v) is 6.30. The molecule has 0 saturated carbocycles. The molecule has 0 heterocycles. The van der Waals surface area contributed by atoms with Gasteiger partial charge < -0.3 is 15.7 Å². The van der Waals surface area contributed by atoms with Crippen LogP contribution < -0.4 is 5.73 Å². The van der Waals surface area contributed by atoms with Gasteiger partial charge in [-0.15, -0.1) is 0 Å². The molecule has 1 aromatic rings. The summed E-state index contributed by atoms with van der Waals surface area (Å²) in [5.41, 5.74) is 6.61. The summed E-state index contributed by atoms with van der Waals surface area (Å²) in [7, 11) is 0. The van der Waals surface area contributed by atoms with Crippen molar-refractivity contribution in [3.8, 4) is 0 Å². The van der Waals surface area contributed by atoms with Gasteiger partial charge in [0.15, 0.2) is 0 Å². The highest BCUT2D eigenvalue weighted by molar-refractivity contribution is 9.10. The first-order valence-electron chi connectivity index (χ1n) is 5.51. The molecule has 0 aromatic heterocycles. The monoisotopic (exact) mass is 314 g/mol. The van der Waals surface area contributed by atoms with Gasteiger partial charge in [-0.05, 0) is 25.1 Å². The number of nitrogens with zero attached hydrogens (tertiary/aromatic N) is 1. The van der Waals surface area contributed by atoms with Crippen LogP contribution in [0.5, 0.6) is 0 Å². The number of carboxylic acid groups (broad SMARTS) is 1. The van der Waals surface area contributed by atoms with Crippen molar-refractivity contribution in [2.45, 2.75) is 13.3 Å². The first kappa shape index (κ1) is 14.5. The fourth-order valence-corrected chi connectivity index (χ4v) is 2.06. The molecule has 1 rings (SSSR count). The number of halogens is 1. The first-order chi connectivity index (χ1) is 8.43. The lowest BCUT2D eigenvalue weighted by Crippen LogP contribution is -2.32. The highest BCUT2D eigenvalue weighted by atomic mass is 79.9. The molecule has 0 spiro atoms. The third-order valence-corrected chi connectivity index (χ3v) is 2.89. The van der Waals surface area contributed by atoms with Crippen LogP contribution in [0.3, 0.4) is 0 Å². The molecular weight excluding hydrogens is 300 g/mol. The van der Waals surface area contributed by atoms with Crippen molar-refractivity contribution < 1.29 is 14.7 Å². The van der Waals surface area contributed by atoms with Gasteiger partial charge in [0.1, 0.15) is 0 Å². The van der Waals surface area contributed by atoms with Crippen LogP contribution in [0, 0.1) is 0 Å². The third-order valence-electron chi connectivity index (χ3n) is 2.43.